The molecule has 5 rings (SSSR count). The first kappa shape index (κ1) is 22.6. The van der Waals surface area contributed by atoms with E-state index in [1.165, 1.54) is 16.4 Å². The molecule has 0 saturated carbocycles. The van der Waals surface area contributed by atoms with Gasteiger partial charge in [0.1, 0.15) is 31.7 Å². The summed E-state index contributed by atoms with van der Waals surface area (Å²) in [6.45, 7) is 3.38. The second kappa shape index (κ2) is 8.90. The van der Waals surface area contributed by atoms with E-state index in [1.807, 2.05) is 24.3 Å². The molecule has 1 fully saturated rings. The van der Waals surface area contributed by atoms with Crippen LogP contribution in [-0.2, 0) is 21.4 Å². The van der Waals surface area contributed by atoms with Gasteiger partial charge >= 0.3 is 0 Å². The summed E-state index contributed by atoms with van der Waals surface area (Å²) in [5, 5.41) is 10.1. The number of hydrogen-bond donors (Lipinski definition) is 1. The van der Waals surface area contributed by atoms with Gasteiger partial charge in [0, 0.05) is 32.2 Å². The normalized spacial score (nSPS) is 17.6. The molecule has 0 unspecified atom stereocenters. The van der Waals surface area contributed by atoms with E-state index in [2.05, 4.69) is 4.98 Å². The van der Waals surface area contributed by atoms with Crippen molar-refractivity contribution in [2.75, 3.05) is 39.4 Å². The summed E-state index contributed by atoms with van der Waals surface area (Å²) in [5.41, 5.74) is 1.48. The van der Waals surface area contributed by atoms with Crippen LogP contribution in [0.4, 0.5) is 0 Å². The molecule has 0 bridgehead atoms. The van der Waals surface area contributed by atoms with Crippen LogP contribution in [0.1, 0.15) is 18.9 Å². The fourth-order valence-corrected chi connectivity index (χ4v) is 5.76. The van der Waals surface area contributed by atoms with Gasteiger partial charge in [-0.05, 0) is 31.2 Å². The molecule has 2 aliphatic rings. The van der Waals surface area contributed by atoms with E-state index in [9.17, 15) is 18.3 Å². The van der Waals surface area contributed by atoms with Crippen molar-refractivity contribution < 1.29 is 27.8 Å². The quantitative estimate of drug-likeness (QED) is 0.580. The van der Waals surface area contributed by atoms with Gasteiger partial charge in [-0.1, -0.05) is 12.1 Å². The molecule has 180 valence electrons. The first-order valence-corrected chi connectivity index (χ1v) is 12.6. The Morgan fingerprint density at radius 2 is 1.76 bits per heavy atom. The Morgan fingerprint density at radius 3 is 2.50 bits per heavy atom. The van der Waals surface area contributed by atoms with Crippen molar-refractivity contribution in [2.24, 2.45) is 0 Å². The topological polar surface area (TPSA) is 114 Å². The number of amides is 1. The Balaban J connectivity index is 1.28. The summed E-state index contributed by atoms with van der Waals surface area (Å²) in [4.78, 5) is 19.3. The Labute approximate surface area is 197 Å². The van der Waals surface area contributed by atoms with E-state index >= 15 is 0 Å². The maximum Gasteiger partial charge on any atom is 0.243 e. The van der Waals surface area contributed by atoms with Crippen LogP contribution in [0.25, 0.3) is 11.0 Å². The first-order valence-electron chi connectivity index (χ1n) is 11.2. The van der Waals surface area contributed by atoms with Crippen molar-refractivity contribution in [1.82, 2.24) is 18.8 Å². The second-order valence-electron chi connectivity index (χ2n) is 8.31. The molecule has 3 aromatic rings. The Morgan fingerprint density at radius 1 is 1.06 bits per heavy atom. The predicted molar refractivity (Wildman–Crippen MR) is 123 cm³/mol. The van der Waals surface area contributed by atoms with Crippen LogP contribution >= 0.6 is 0 Å². The van der Waals surface area contributed by atoms with E-state index in [1.54, 1.807) is 22.5 Å². The molecule has 1 saturated heterocycles. The average molecular weight is 487 g/mol. The van der Waals surface area contributed by atoms with Crippen LogP contribution in [0.5, 0.6) is 11.5 Å². The summed E-state index contributed by atoms with van der Waals surface area (Å²) in [6, 6.07) is 12.0. The molecule has 1 atom stereocenters. The Kier molecular flexibility index (Phi) is 5.92. The number of imidazole rings is 1. The van der Waals surface area contributed by atoms with Gasteiger partial charge in [-0.25, -0.2) is 13.4 Å². The van der Waals surface area contributed by atoms with Crippen LogP contribution in [0.2, 0.25) is 0 Å². The first-order chi connectivity index (χ1) is 16.3. The number of fused-ring (bicyclic) bond motifs is 2. The number of carbonyl (C=O) groups excluding carboxylic acids is 1. The highest BCUT2D eigenvalue weighted by Crippen LogP contribution is 2.33. The number of nitrogens with zero attached hydrogens (tertiary/aromatic N) is 4. The third-order valence-electron chi connectivity index (χ3n) is 6.09. The predicted octanol–water partition coefficient (Wildman–Crippen LogP) is 1.39. The summed E-state index contributed by atoms with van der Waals surface area (Å²) in [5.74, 6) is 1.22. The molecule has 0 radical (unpaired) electrons. The molecule has 10 nitrogen and oxygen atoms in total. The highest BCUT2D eigenvalue weighted by molar-refractivity contribution is 7.89. The second-order valence-corrected chi connectivity index (χ2v) is 10.2. The number of aliphatic hydroxyl groups excluding tert-OH is 1. The lowest BCUT2D eigenvalue weighted by atomic mass is 10.3. The van der Waals surface area contributed by atoms with Gasteiger partial charge < -0.3 is 24.0 Å². The van der Waals surface area contributed by atoms with Crippen molar-refractivity contribution in [3.05, 3.63) is 48.3 Å². The molecule has 1 N–H and O–H groups in total. The number of ether oxygens (including phenoxy) is 2. The molecule has 11 heteroatoms. The van der Waals surface area contributed by atoms with E-state index in [0.717, 1.165) is 5.52 Å². The number of piperazine rings is 1. The van der Waals surface area contributed by atoms with Crippen molar-refractivity contribution >= 4 is 27.0 Å². The summed E-state index contributed by atoms with van der Waals surface area (Å²) in [7, 11) is -3.73. The third kappa shape index (κ3) is 4.10. The SMILES string of the molecule is C[C@H](O)c1nc2ccccc2n1CC(=O)N1CCN(S(=O)(=O)c2ccc3c(c2)OCCO3)CC1. The molecule has 0 spiro atoms. The van der Waals surface area contributed by atoms with E-state index in [-0.39, 0.29) is 43.5 Å². The van der Waals surface area contributed by atoms with E-state index in [0.29, 0.717) is 36.1 Å². The van der Waals surface area contributed by atoms with Gasteiger partial charge in [0.25, 0.3) is 0 Å². The molecule has 3 heterocycles. The maximum atomic E-state index is 13.2. The van der Waals surface area contributed by atoms with Gasteiger partial charge in [0.15, 0.2) is 11.5 Å². The van der Waals surface area contributed by atoms with Crippen LogP contribution in [0, 0.1) is 0 Å². The van der Waals surface area contributed by atoms with Crippen molar-refractivity contribution in [1.29, 1.82) is 0 Å². The minimum absolute atomic E-state index is 0.0235. The number of para-hydroxylation sites is 2. The van der Waals surface area contributed by atoms with Gasteiger partial charge in [-0.3, -0.25) is 4.79 Å². The maximum absolute atomic E-state index is 13.2. The smallest absolute Gasteiger partial charge is 0.243 e. The van der Waals surface area contributed by atoms with Crippen molar-refractivity contribution in [3.8, 4) is 11.5 Å². The molecule has 2 aliphatic heterocycles. The molecule has 1 amide bonds. The third-order valence-corrected chi connectivity index (χ3v) is 7.99. The summed E-state index contributed by atoms with van der Waals surface area (Å²) in [6.07, 6.45) is -0.826. The van der Waals surface area contributed by atoms with E-state index < -0.39 is 16.1 Å². The molecule has 0 aliphatic carbocycles. The fraction of sp³-hybridized carbons (Fsp3) is 0.391. The van der Waals surface area contributed by atoms with Gasteiger partial charge in [-0.2, -0.15) is 4.31 Å². The van der Waals surface area contributed by atoms with Gasteiger partial charge in [0.2, 0.25) is 15.9 Å². The average Bonchev–Trinajstić information content (AvgIpc) is 3.22. The minimum atomic E-state index is -3.73. The fourth-order valence-electron chi connectivity index (χ4n) is 4.33. The highest BCUT2D eigenvalue weighted by atomic mass is 32.2. The van der Waals surface area contributed by atoms with Crippen molar-refractivity contribution in [3.63, 3.8) is 0 Å². The zero-order valence-electron chi connectivity index (χ0n) is 18.8. The standard InChI is InChI=1S/C23H26N4O6S/c1-16(28)23-24-18-4-2-3-5-19(18)27(23)15-22(29)25-8-10-26(11-9-25)34(30,31)17-6-7-20-21(14-17)33-13-12-32-20/h2-7,14,16,28H,8-13,15H2,1H3/t16-/m0/s1. The number of carbonyl (C=O) groups is 1. The van der Waals surface area contributed by atoms with Crippen LogP contribution in [-0.4, -0.2) is 77.6 Å². The number of sulfonamides is 1. The number of benzene rings is 2. The number of hydrogen-bond acceptors (Lipinski definition) is 7. The molecular formula is C23H26N4O6S. The van der Waals surface area contributed by atoms with Crippen LogP contribution in [0.15, 0.2) is 47.4 Å². The largest absolute Gasteiger partial charge is 0.486 e. The molecule has 2 aromatic carbocycles. The van der Waals surface area contributed by atoms with Crippen LogP contribution in [0.3, 0.4) is 0 Å². The highest BCUT2D eigenvalue weighted by Gasteiger charge is 2.31. The Bertz CT molecular complexity index is 1330. The Hall–Kier alpha value is -3.15. The molecule has 34 heavy (non-hydrogen) atoms. The molecule has 1 aromatic heterocycles. The lowest BCUT2D eigenvalue weighted by molar-refractivity contribution is -0.133. The monoisotopic (exact) mass is 486 g/mol. The van der Waals surface area contributed by atoms with Gasteiger partial charge in [0.05, 0.1) is 15.9 Å². The number of rotatable bonds is 5. The lowest BCUT2D eigenvalue weighted by Gasteiger charge is -2.34. The van der Waals surface area contributed by atoms with E-state index in [4.69, 9.17) is 9.47 Å². The summed E-state index contributed by atoms with van der Waals surface area (Å²) < 4.78 is 40.4. The lowest BCUT2D eigenvalue weighted by Crippen LogP contribution is -2.51. The summed E-state index contributed by atoms with van der Waals surface area (Å²) >= 11 is 0. The van der Waals surface area contributed by atoms with Crippen molar-refractivity contribution in [2.45, 2.75) is 24.5 Å². The zero-order valence-corrected chi connectivity index (χ0v) is 19.6. The van der Waals surface area contributed by atoms with Gasteiger partial charge in [-0.15, -0.1) is 0 Å². The number of aliphatic hydroxyl groups is 1. The number of aromatic nitrogens is 2. The minimum Gasteiger partial charge on any atom is -0.486 e. The van der Waals surface area contributed by atoms with Crippen LogP contribution < -0.4 is 9.47 Å². The molecular weight excluding hydrogens is 460 g/mol. The zero-order chi connectivity index (χ0) is 23.9.